The standard InChI is InChI=1S/C24H20N2O3/c25-16-19-10-7-13-21(14-19)24(28)29-17-23(27)26-22(20-11-5-2-6-12-20)15-18-8-3-1-4-9-18/h1-14,22H,15,17H2,(H,26,27)/t22-/m1/s1. The van der Waals surface area contributed by atoms with Gasteiger partial charge < -0.3 is 10.1 Å². The lowest BCUT2D eigenvalue weighted by Gasteiger charge is -2.19. The molecule has 0 aliphatic heterocycles. The van der Waals surface area contributed by atoms with Gasteiger partial charge >= 0.3 is 5.97 Å². The van der Waals surface area contributed by atoms with Crippen molar-refractivity contribution >= 4 is 11.9 Å². The smallest absolute Gasteiger partial charge is 0.338 e. The maximum absolute atomic E-state index is 12.4. The Morgan fingerprint density at radius 3 is 2.31 bits per heavy atom. The van der Waals surface area contributed by atoms with E-state index in [1.54, 1.807) is 18.2 Å². The second-order valence-electron chi connectivity index (χ2n) is 6.49. The highest BCUT2D eigenvalue weighted by molar-refractivity contribution is 5.91. The summed E-state index contributed by atoms with van der Waals surface area (Å²) in [7, 11) is 0. The first-order valence-electron chi connectivity index (χ1n) is 9.21. The summed E-state index contributed by atoms with van der Waals surface area (Å²) in [5.41, 5.74) is 2.65. The van der Waals surface area contributed by atoms with Crippen LogP contribution in [0.5, 0.6) is 0 Å². The van der Waals surface area contributed by atoms with Gasteiger partial charge in [-0.2, -0.15) is 5.26 Å². The average molecular weight is 384 g/mol. The average Bonchev–Trinajstić information content (AvgIpc) is 2.78. The number of nitriles is 1. The fourth-order valence-corrected chi connectivity index (χ4v) is 2.95. The molecular formula is C24H20N2O3. The summed E-state index contributed by atoms with van der Waals surface area (Å²) < 4.78 is 5.12. The molecule has 3 rings (SSSR count). The summed E-state index contributed by atoms with van der Waals surface area (Å²) in [5.74, 6) is -1.03. The number of carbonyl (C=O) groups excluding carboxylic acids is 2. The second-order valence-corrected chi connectivity index (χ2v) is 6.49. The van der Waals surface area contributed by atoms with E-state index in [2.05, 4.69) is 5.32 Å². The summed E-state index contributed by atoms with van der Waals surface area (Å²) >= 11 is 0. The van der Waals surface area contributed by atoms with Gasteiger partial charge in [0.1, 0.15) is 0 Å². The molecule has 0 spiro atoms. The van der Waals surface area contributed by atoms with Crippen LogP contribution < -0.4 is 5.32 Å². The molecule has 0 heterocycles. The van der Waals surface area contributed by atoms with Crippen LogP contribution in [0, 0.1) is 11.3 Å². The second kappa shape index (κ2) is 9.86. The zero-order chi connectivity index (χ0) is 20.5. The lowest BCUT2D eigenvalue weighted by atomic mass is 9.99. The maximum Gasteiger partial charge on any atom is 0.338 e. The van der Waals surface area contributed by atoms with Gasteiger partial charge in [-0.15, -0.1) is 0 Å². The number of nitrogens with zero attached hydrogens (tertiary/aromatic N) is 1. The van der Waals surface area contributed by atoms with Crippen molar-refractivity contribution in [2.24, 2.45) is 0 Å². The molecule has 0 aromatic heterocycles. The molecule has 29 heavy (non-hydrogen) atoms. The van der Waals surface area contributed by atoms with Crippen LogP contribution in [-0.4, -0.2) is 18.5 Å². The highest BCUT2D eigenvalue weighted by Gasteiger charge is 2.17. The van der Waals surface area contributed by atoms with Crippen molar-refractivity contribution < 1.29 is 14.3 Å². The Bertz CT molecular complexity index is 1010. The summed E-state index contributed by atoms with van der Waals surface area (Å²) in [5, 5.41) is 11.9. The third kappa shape index (κ3) is 5.78. The van der Waals surface area contributed by atoms with E-state index in [1.165, 1.54) is 6.07 Å². The minimum atomic E-state index is -0.642. The van der Waals surface area contributed by atoms with Gasteiger partial charge in [-0.25, -0.2) is 4.79 Å². The Balaban J connectivity index is 1.63. The fourth-order valence-electron chi connectivity index (χ4n) is 2.95. The van der Waals surface area contributed by atoms with Gasteiger partial charge in [-0.05, 0) is 35.7 Å². The van der Waals surface area contributed by atoms with Crippen LogP contribution in [-0.2, 0) is 16.0 Å². The molecular weight excluding hydrogens is 364 g/mol. The van der Waals surface area contributed by atoms with Crippen molar-refractivity contribution in [3.05, 3.63) is 107 Å². The Hall–Kier alpha value is -3.91. The van der Waals surface area contributed by atoms with Crippen molar-refractivity contribution in [3.8, 4) is 6.07 Å². The molecule has 0 radical (unpaired) electrons. The quantitative estimate of drug-likeness (QED) is 0.628. The largest absolute Gasteiger partial charge is 0.452 e. The van der Waals surface area contributed by atoms with Crippen molar-refractivity contribution in [2.45, 2.75) is 12.5 Å². The molecule has 3 aromatic rings. The van der Waals surface area contributed by atoms with Crippen LogP contribution in [0.25, 0.3) is 0 Å². The third-order valence-electron chi connectivity index (χ3n) is 4.38. The first kappa shape index (κ1) is 19.8. The van der Waals surface area contributed by atoms with Crippen molar-refractivity contribution in [1.82, 2.24) is 5.32 Å². The van der Waals surface area contributed by atoms with Crippen LogP contribution in [0.1, 0.15) is 33.1 Å². The molecule has 0 fully saturated rings. The number of ether oxygens (including phenoxy) is 1. The van der Waals surface area contributed by atoms with Gasteiger partial charge in [-0.3, -0.25) is 4.79 Å². The molecule has 1 amide bonds. The Labute approximate surface area is 169 Å². The number of hydrogen-bond acceptors (Lipinski definition) is 4. The molecule has 5 heteroatoms. The molecule has 1 N–H and O–H groups in total. The van der Waals surface area contributed by atoms with Gasteiger partial charge in [0.25, 0.3) is 5.91 Å². The Morgan fingerprint density at radius 1 is 0.931 bits per heavy atom. The van der Waals surface area contributed by atoms with Crippen LogP contribution in [0.4, 0.5) is 0 Å². The van der Waals surface area contributed by atoms with E-state index in [9.17, 15) is 9.59 Å². The number of rotatable bonds is 7. The topological polar surface area (TPSA) is 79.2 Å². The minimum Gasteiger partial charge on any atom is -0.452 e. The van der Waals surface area contributed by atoms with Gasteiger partial charge in [0.2, 0.25) is 0 Å². The van der Waals surface area contributed by atoms with Gasteiger partial charge in [-0.1, -0.05) is 66.7 Å². The zero-order valence-corrected chi connectivity index (χ0v) is 15.7. The lowest BCUT2D eigenvalue weighted by molar-refractivity contribution is -0.125. The third-order valence-corrected chi connectivity index (χ3v) is 4.38. The summed E-state index contributed by atoms with van der Waals surface area (Å²) in [6.45, 7) is -0.395. The van der Waals surface area contributed by atoms with Gasteiger partial charge in [0.05, 0.1) is 23.2 Å². The SMILES string of the molecule is N#Cc1cccc(C(=O)OCC(=O)N[C@H](Cc2ccccc2)c2ccccc2)c1. The van der Waals surface area contributed by atoms with Crippen LogP contribution >= 0.6 is 0 Å². The molecule has 3 aromatic carbocycles. The molecule has 1 atom stereocenters. The minimum absolute atomic E-state index is 0.237. The molecule has 0 bridgehead atoms. The van der Waals surface area contributed by atoms with E-state index in [-0.39, 0.29) is 17.5 Å². The number of hydrogen-bond donors (Lipinski definition) is 1. The van der Waals surface area contributed by atoms with Crippen LogP contribution in [0.3, 0.4) is 0 Å². The normalized spacial score (nSPS) is 11.1. The maximum atomic E-state index is 12.4. The number of esters is 1. The lowest BCUT2D eigenvalue weighted by Crippen LogP contribution is -2.33. The van der Waals surface area contributed by atoms with Crippen LogP contribution in [0.15, 0.2) is 84.9 Å². The molecule has 0 saturated heterocycles. The highest BCUT2D eigenvalue weighted by Crippen LogP contribution is 2.18. The van der Waals surface area contributed by atoms with Crippen LogP contribution in [0.2, 0.25) is 0 Å². The summed E-state index contributed by atoms with van der Waals surface area (Å²) in [6.07, 6.45) is 0.620. The van der Waals surface area contributed by atoms with Gasteiger partial charge in [0.15, 0.2) is 6.61 Å². The number of carbonyl (C=O) groups is 2. The Kier molecular flexibility index (Phi) is 6.75. The number of benzene rings is 3. The summed E-state index contributed by atoms with van der Waals surface area (Å²) in [6, 6.07) is 27.4. The molecule has 0 unspecified atom stereocenters. The van der Waals surface area contributed by atoms with Crippen molar-refractivity contribution in [2.75, 3.05) is 6.61 Å². The molecule has 0 saturated carbocycles. The predicted octanol–water partition coefficient (Wildman–Crippen LogP) is 3.82. The van der Waals surface area contributed by atoms with E-state index < -0.39 is 12.6 Å². The molecule has 5 nitrogen and oxygen atoms in total. The predicted molar refractivity (Wildman–Crippen MR) is 109 cm³/mol. The van der Waals surface area contributed by atoms with E-state index in [4.69, 9.17) is 10.00 Å². The van der Waals surface area contributed by atoms with E-state index >= 15 is 0 Å². The monoisotopic (exact) mass is 384 g/mol. The van der Waals surface area contributed by atoms with Crippen molar-refractivity contribution in [3.63, 3.8) is 0 Å². The number of nitrogens with one attached hydrogen (secondary N) is 1. The van der Waals surface area contributed by atoms with Gasteiger partial charge in [0, 0.05) is 0 Å². The number of amides is 1. The molecule has 0 aliphatic rings. The van der Waals surface area contributed by atoms with E-state index in [1.807, 2.05) is 66.7 Å². The molecule has 144 valence electrons. The molecule has 0 aliphatic carbocycles. The Morgan fingerprint density at radius 2 is 1.62 bits per heavy atom. The zero-order valence-electron chi connectivity index (χ0n) is 15.7. The van der Waals surface area contributed by atoms with E-state index in [0.717, 1.165) is 11.1 Å². The van der Waals surface area contributed by atoms with E-state index in [0.29, 0.717) is 12.0 Å². The summed E-state index contributed by atoms with van der Waals surface area (Å²) in [4.78, 5) is 24.6. The fraction of sp³-hybridized carbons (Fsp3) is 0.125. The first-order valence-corrected chi connectivity index (χ1v) is 9.21. The first-order chi connectivity index (χ1) is 14.2. The highest BCUT2D eigenvalue weighted by atomic mass is 16.5. The van der Waals surface area contributed by atoms with Crippen molar-refractivity contribution in [1.29, 1.82) is 5.26 Å².